The van der Waals surface area contributed by atoms with Gasteiger partial charge in [0.25, 0.3) is 0 Å². The molecule has 2 rings (SSSR count). The molecule has 0 spiro atoms. The quantitative estimate of drug-likeness (QED) is 0.598. The molecule has 4 heteroatoms. The summed E-state index contributed by atoms with van der Waals surface area (Å²) in [6.45, 7) is 1.84. The van der Waals surface area contributed by atoms with E-state index in [-0.39, 0.29) is 5.78 Å². The van der Waals surface area contributed by atoms with Crippen LogP contribution < -0.4 is 0 Å². The number of furan rings is 1. The van der Waals surface area contributed by atoms with E-state index in [1.807, 2.05) is 13.0 Å². The molecular formula is C14H10Cl2O2. The lowest BCUT2D eigenvalue weighted by Crippen LogP contribution is -1.94. The van der Waals surface area contributed by atoms with Crippen LogP contribution in [0.4, 0.5) is 0 Å². The van der Waals surface area contributed by atoms with Gasteiger partial charge >= 0.3 is 0 Å². The summed E-state index contributed by atoms with van der Waals surface area (Å²) in [4.78, 5) is 11.9. The number of rotatable bonds is 3. The zero-order valence-electron chi connectivity index (χ0n) is 9.61. The standard InChI is InChI=1S/C14H10Cl2O2/c1-9-2-4-11(18-9)5-7-14(17)12-6-3-10(15)8-13(12)16/h2-8H,1H3. The summed E-state index contributed by atoms with van der Waals surface area (Å²) < 4.78 is 5.33. The Balaban J connectivity index is 2.19. The average molecular weight is 281 g/mol. The van der Waals surface area contributed by atoms with Crippen molar-refractivity contribution in [3.8, 4) is 0 Å². The molecule has 1 heterocycles. The van der Waals surface area contributed by atoms with Gasteiger partial charge in [0.1, 0.15) is 11.5 Å². The zero-order valence-corrected chi connectivity index (χ0v) is 11.1. The molecule has 0 radical (unpaired) electrons. The first-order valence-corrected chi connectivity index (χ1v) is 6.06. The second-order valence-electron chi connectivity index (χ2n) is 3.77. The molecule has 0 atom stereocenters. The molecule has 0 aliphatic rings. The van der Waals surface area contributed by atoms with E-state index < -0.39 is 0 Å². The zero-order chi connectivity index (χ0) is 13.1. The van der Waals surface area contributed by atoms with E-state index in [1.54, 1.807) is 30.3 Å². The predicted octanol–water partition coefficient (Wildman–Crippen LogP) is 4.79. The van der Waals surface area contributed by atoms with Gasteiger partial charge in [0.05, 0.1) is 5.02 Å². The SMILES string of the molecule is Cc1ccc(C=CC(=O)c2ccc(Cl)cc2Cl)o1. The number of hydrogen-bond donors (Lipinski definition) is 0. The molecule has 1 aromatic heterocycles. The van der Waals surface area contributed by atoms with Gasteiger partial charge in [-0.1, -0.05) is 23.2 Å². The molecule has 0 aliphatic carbocycles. The Kier molecular flexibility index (Phi) is 3.90. The van der Waals surface area contributed by atoms with E-state index in [1.165, 1.54) is 6.08 Å². The maximum atomic E-state index is 11.9. The van der Waals surface area contributed by atoms with Crippen LogP contribution in [0.3, 0.4) is 0 Å². The fourth-order valence-corrected chi connectivity index (χ4v) is 1.98. The van der Waals surface area contributed by atoms with Crippen LogP contribution in [0.1, 0.15) is 21.9 Å². The Bertz CT molecular complexity index is 612. The summed E-state index contributed by atoms with van der Waals surface area (Å²) in [7, 11) is 0. The van der Waals surface area contributed by atoms with Crippen LogP contribution in [0, 0.1) is 6.92 Å². The minimum Gasteiger partial charge on any atom is -0.462 e. The van der Waals surface area contributed by atoms with Crippen LogP contribution in [0.15, 0.2) is 40.8 Å². The molecule has 0 bridgehead atoms. The van der Waals surface area contributed by atoms with Crippen molar-refractivity contribution in [2.45, 2.75) is 6.92 Å². The van der Waals surface area contributed by atoms with E-state index in [0.29, 0.717) is 21.4 Å². The Morgan fingerprint density at radius 1 is 1.22 bits per heavy atom. The largest absolute Gasteiger partial charge is 0.462 e. The first kappa shape index (κ1) is 12.9. The van der Waals surface area contributed by atoms with Crippen LogP contribution in [0.25, 0.3) is 6.08 Å². The van der Waals surface area contributed by atoms with Gasteiger partial charge in [-0.15, -0.1) is 0 Å². The van der Waals surface area contributed by atoms with Gasteiger partial charge < -0.3 is 4.42 Å². The number of ketones is 1. The average Bonchev–Trinajstić information content (AvgIpc) is 2.72. The Labute approximate surface area is 115 Å². The second-order valence-corrected chi connectivity index (χ2v) is 4.61. The molecule has 2 aromatic rings. The van der Waals surface area contributed by atoms with E-state index in [4.69, 9.17) is 27.6 Å². The van der Waals surface area contributed by atoms with Crippen LogP contribution in [-0.4, -0.2) is 5.78 Å². The summed E-state index contributed by atoms with van der Waals surface area (Å²) in [5.74, 6) is 1.24. The fraction of sp³-hybridized carbons (Fsp3) is 0.0714. The van der Waals surface area contributed by atoms with Gasteiger partial charge in [0, 0.05) is 10.6 Å². The molecule has 2 nitrogen and oxygen atoms in total. The molecule has 1 aromatic carbocycles. The van der Waals surface area contributed by atoms with Crippen LogP contribution in [0.5, 0.6) is 0 Å². The van der Waals surface area contributed by atoms with Crippen molar-refractivity contribution in [1.82, 2.24) is 0 Å². The van der Waals surface area contributed by atoms with Crippen molar-refractivity contribution in [2.24, 2.45) is 0 Å². The smallest absolute Gasteiger partial charge is 0.187 e. The van der Waals surface area contributed by atoms with E-state index >= 15 is 0 Å². The van der Waals surface area contributed by atoms with Gasteiger partial charge in [0.2, 0.25) is 0 Å². The number of hydrogen-bond acceptors (Lipinski definition) is 2. The molecule has 0 saturated carbocycles. The number of halogens is 2. The van der Waals surface area contributed by atoms with Gasteiger partial charge in [-0.3, -0.25) is 4.79 Å². The minimum absolute atomic E-state index is 0.189. The highest BCUT2D eigenvalue weighted by Crippen LogP contribution is 2.22. The topological polar surface area (TPSA) is 30.2 Å². The van der Waals surface area contributed by atoms with Gasteiger partial charge in [0.15, 0.2) is 5.78 Å². The fourth-order valence-electron chi connectivity index (χ4n) is 1.48. The molecule has 0 N–H and O–H groups in total. The third-order valence-electron chi connectivity index (χ3n) is 2.36. The lowest BCUT2D eigenvalue weighted by atomic mass is 10.1. The first-order valence-electron chi connectivity index (χ1n) is 5.30. The van der Waals surface area contributed by atoms with E-state index in [0.717, 1.165) is 5.76 Å². The van der Waals surface area contributed by atoms with Crippen LogP contribution >= 0.6 is 23.2 Å². The van der Waals surface area contributed by atoms with E-state index in [2.05, 4.69) is 0 Å². The third-order valence-corrected chi connectivity index (χ3v) is 2.90. The predicted molar refractivity (Wildman–Crippen MR) is 73.3 cm³/mol. The van der Waals surface area contributed by atoms with Crippen molar-refractivity contribution >= 4 is 35.1 Å². The molecule has 0 aliphatic heterocycles. The molecule has 92 valence electrons. The Morgan fingerprint density at radius 2 is 2.00 bits per heavy atom. The lowest BCUT2D eigenvalue weighted by Gasteiger charge is -1.99. The normalized spacial score (nSPS) is 11.1. The highest BCUT2D eigenvalue weighted by molar-refractivity contribution is 6.37. The monoisotopic (exact) mass is 280 g/mol. The van der Waals surface area contributed by atoms with Gasteiger partial charge in [-0.2, -0.15) is 0 Å². The minimum atomic E-state index is -0.189. The van der Waals surface area contributed by atoms with Crippen molar-refractivity contribution in [1.29, 1.82) is 0 Å². The van der Waals surface area contributed by atoms with E-state index in [9.17, 15) is 4.79 Å². The second kappa shape index (κ2) is 5.42. The van der Waals surface area contributed by atoms with Crippen LogP contribution in [-0.2, 0) is 0 Å². The number of carbonyl (C=O) groups excluding carboxylic acids is 1. The molecule has 0 amide bonds. The summed E-state index contributed by atoms with van der Waals surface area (Å²) >= 11 is 11.7. The highest BCUT2D eigenvalue weighted by Gasteiger charge is 2.07. The van der Waals surface area contributed by atoms with Gasteiger partial charge in [-0.05, 0) is 49.4 Å². The number of carbonyl (C=O) groups is 1. The lowest BCUT2D eigenvalue weighted by molar-refractivity contribution is 0.104. The van der Waals surface area contributed by atoms with Gasteiger partial charge in [-0.25, -0.2) is 0 Å². The molecule has 0 saturated heterocycles. The van der Waals surface area contributed by atoms with Crippen molar-refractivity contribution in [2.75, 3.05) is 0 Å². The number of benzene rings is 1. The maximum Gasteiger partial charge on any atom is 0.187 e. The third kappa shape index (κ3) is 3.03. The summed E-state index contributed by atoms with van der Waals surface area (Å²) in [5, 5.41) is 0.843. The number of aryl methyl sites for hydroxylation is 1. The Hall–Kier alpha value is -1.51. The molecule has 18 heavy (non-hydrogen) atoms. The number of allylic oxidation sites excluding steroid dienone is 1. The first-order chi connectivity index (χ1) is 8.56. The highest BCUT2D eigenvalue weighted by atomic mass is 35.5. The van der Waals surface area contributed by atoms with Crippen molar-refractivity contribution < 1.29 is 9.21 Å². The summed E-state index contributed by atoms with van der Waals surface area (Å²) in [5.41, 5.74) is 0.417. The molecular weight excluding hydrogens is 271 g/mol. The van der Waals surface area contributed by atoms with Crippen molar-refractivity contribution in [3.05, 3.63) is 63.5 Å². The summed E-state index contributed by atoms with van der Waals surface area (Å²) in [6, 6.07) is 8.40. The Morgan fingerprint density at radius 3 is 2.61 bits per heavy atom. The molecule has 0 unspecified atom stereocenters. The maximum absolute atomic E-state index is 11.9. The molecule has 0 fully saturated rings. The summed E-state index contributed by atoms with van der Waals surface area (Å²) in [6.07, 6.45) is 3.04. The van der Waals surface area contributed by atoms with Crippen LogP contribution in [0.2, 0.25) is 10.0 Å². The van der Waals surface area contributed by atoms with Crippen molar-refractivity contribution in [3.63, 3.8) is 0 Å².